The van der Waals surface area contributed by atoms with Gasteiger partial charge in [-0.1, -0.05) is 6.07 Å². The fourth-order valence-electron chi connectivity index (χ4n) is 3.78. The number of aryl methyl sites for hydroxylation is 2. The van der Waals surface area contributed by atoms with Crippen LogP contribution in [0.15, 0.2) is 53.7 Å². The minimum Gasteiger partial charge on any atom is -0.496 e. The summed E-state index contributed by atoms with van der Waals surface area (Å²) < 4.78 is 40.5. The zero-order valence-electron chi connectivity index (χ0n) is 17.3. The van der Waals surface area contributed by atoms with Crippen molar-refractivity contribution < 1.29 is 22.7 Å². The van der Waals surface area contributed by atoms with Gasteiger partial charge >= 0.3 is 0 Å². The van der Waals surface area contributed by atoms with Gasteiger partial charge in [0.15, 0.2) is 0 Å². The molecule has 1 aliphatic rings. The molecule has 3 aromatic rings. The second kappa shape index (κ2) is 8.43. The highest BCUT2D eigenvalue weighted by Gasteiger charge is 2.27. The van der Waals surface area contributed by atoms with Gasteiger partial charge in [0, 0.05) is 12.4 Å². The summed E-state index contributed by atoms with van der Waals surface area (Å²) >= 11 is 0. The number of amides is 1. The Hall–Kier alpha value is -3.33. The molecule has 1 heterocycles. The Bertz CT molecular complexity index is 1220. The summed E-state index contributed by atoms with van der Waals surface area (Å²) in [6.07, 6.45) is 6.17. The van der Waals surface area contributed by atoms with Gasteiger partial charge < -0.3 is 9.47 Å². The lowest BCUT2D eigenvalue weighted by Gasteiger charge is -2.14. The van der Waals surface area contributed by atoms with Crippen LogP contribution in [0.2, 0.25) is 0 Å². The standard InChI is InChI=1S/C22H23N3O5S/c1-29-19-11-15(14-25-10-4-9-23-25)7-8-18(19)22(26)24-31(27,28)21-13-17-6-3-5-16(17)12-20(21)30-2/h4,7-13H,3,5-6,14H2,1-2H3,(H,24,26). The maximum absolute atomic E-state index is 13.0. The van der Waals surface area contributed by atoms with Crippen LogP contribution in [0.1, 0.15) is 33.5 Å². The Morgan fingerprint density at radius 2 is 1.84 bits per heavy atom. The van der Waals surface area contributed by atoms with Crippen LogP contribution in [0.5, 0.6) is 11.5 Å². The van der Waals surface area contributed by atoms with E-state index in [9.17, 15) is 13.2 Å². The summed E-state index contributed by atoms with van der Waals surface area (Å²) in [5.41, 5.74) is 3.03. The highest BCUT2D eigenvalue weighted by Crippen LogP contribution is 2.32. The number of benzene rings is 2. The molecule has 0 atom stereocenters. The first kappa shape index (κ1) is 20.9. The van der Waals surface area contributed by atoms with Gasteiger partial charge in [0.1, 0.15) is 16.4 Å². The van der Waals surface area contributed by atoms with Gasteiger partial charge in [-0.15, -0.1) is 0 Å². The third kappa shape index (κ3) is 4.27. The van der Waals surface area contributed by atoms with Gasteiger partial charge in [-0.05, 0) is 66.3 Å². The molecule has 1 amide bonds. The van der Waals surface area contributed by atoms with E-state index in [4.69, 9.17) is 9.47 Å². The van der Waals surface area contributed by atoms with Crippen LogP contribution in [-0.2, 0) is 29.4 Å². The van der Waals surface area contributed by atoms with E-state index in [2.05, 4.69) is 9.82 Å². The number of hydrogen-bond acceptors (Lipinski definition) is 6. The predicted octanol–water partition coefficient (Wildman–Crippen LogP) is 2.56. The van der Waals surface area contributed by atoms with Crippen LogP contribution in [0, 0.1) is 0 Å². The molecule has 31 heavy (non-hydrogen) atoms. The van der Waals surface area contributed by atoms with E-state index < -0.39 is 15.9 Å². The first-order valence-electron chi connectivity index (χ1n) is 9.82. The summed E-state index contributed by atoms with van der Waals surface area (Å²) in [5, 5.41) is 4.15. The van der Waals surface area contributed by atoms with Crippen LogP contribution < -0.4 is 14.2 Å². The first-order chi connectivity index (χ1) is 14.9. The van der Waals surface area contributed by atoms with Crippen molar-refractivity contribution in [2.24, 2.45) is 0 Å². The number of ether oxygens (including phenoxy) is 2. The number of methoxy groups -OCH3 is 2. The van der Waals surface area contributed by atoms with Gasteiger partial charge in [0.05, 0.1) is 26.3 Å². The third-order valence-corrected chi connectivity index (χ3v) is 6.66. The van der Waals surface area contributed by atoms with Crippen molar-refractivity contribution in [3.63, 3.8) is 0 Å². The maximum atomic E-state index is 13.0. The molecule has 1 aromatic heterocycles. The van der Waals surface area contributed by atoms with Crippen LogP contribution in [0.3, 0.4) is 0 Å². The van der Waals surface area contributed by atoms with E-state index in [-0.39, 0.29) is 22.0 Å². The van der Waals surface area contributed by atoms with E-state index in [1.807, 2.05) is 12.3 Å². The number of hydrogen-bond donors (Lipinski definition) is 1. The zero-order chi connectivity index (χ0) is 22.0. The monoisotopic (exact) mass is 441 g/mol. The highest BCUT2D eigenvalue weighted by molar-refractivity contribution is 7.90. The minimum atomic E-state index is -4.14. The summed E-state index contributed by atoms with van der Waals surface area (Å²) in [6, 6.07) is 10.1. The lowest BCUT2D eigenvalue weighted by atomic mass is 10.1. The molecule has 0 fully saturated rings. The Balaban J connectivity index is 1.60. The molecule has 162 valence electrons. The summed E-state index contributed by atoms with van der Waals surface area (Å²) in [6.45, 7) is 0.496. The van der Waals surface area contributed by atoms with Gasteiger partial charge in [0.25, 0.3) is 15.9 Å². The minimum absolute atomic E-state index is 0.0433. The van der Waals surface area contributed by atoms with E-state index >= 15 is 0 Å². The van der Waals surface area contributed by atoms with Gasteiger partial charge in [-0.3, -0.25) is 9.48 Å². The Morgan fingerprint density at radius 3 is 2.52 bits per heavy atom. The Morgan fingerprint density at radius 1 is 1.10 bits per heavy atom. The number of nitrogens with zero attached hydrogens (tertiary/aromatic N) is 2. The second-order valence-corrected chi connectivity index (χ2v) is 8.95. The lowest BCUT2D eigenvalue weighted by Crippen LogP contribution is -2.31. The molecule has 0 bridgehead atoms. The highest BCUT2D eigenvalue weighted by atomic mass is 32.2. The SMILES string of the molecule is COc1cc(Cn2cccn2)ccc1C(=O)NS(=O)(=O)c1cc2c(cc1OC)CCC2. The molecule has 0 saturated heterocycles. The van der Waals surface area contributed by atoms with E-state index in [0.29, 0.717) is 6.54 Å². The predicted molar refractivity (Wildman–Crippen MR) is 114 cm³/mol. The molecular formula is C22H23N3O5S. The van der Waals surface area contributed by atoms with Crippen LogP contribution in [-0.4, -0.2) is 38.3 Å². The molecule has 0 spiro atoms. The van der Waals surface area contributed by atoms with Gasteiger partial charge in [-0.2, -0.15) is 5.10 Å². The molecule has 2 aromatic carbocycles. The molecule has 9 heteroatoms. The van der Waals surface area contributed by atoms with Crippen molar-refractivity contribution in [3.8, 4) is 11.5 Å². The molecule has 0 saturated carbocycles. The van der Waals surface area contributed by atoms with Crippen molar-refractivity contribution in [1.29, 1.82) is 0 Å². The first-order valence-corrected chi connectivity index (χ1v) is 11.3. The maximum Gasteiger partial charge on any atom is 0.268 e. The number of aromatic nitrogens is 2. The molecule has 4 rings (SSSR count). The van der Waals surface area contributed by atoms with Crippen molar-refractivity contribution in [2.75, 3.05) is 14.2 Å². The molecule has 0 radical (unpaired) electrons. The van der Waals surface area contributed by atoms with Crippen LogP contribution in [0.25, 0.3) is 0 Å². The smallest absolute Gasteiger partial charge is 0.268 e. The molecule has 1 aliphatic carbocycles. The number of rotatable bonds is 7. The molecule has 0 aliphatic heterocycles. The normalized spacial score (nSPS) is 13.0. The summed E-state index contributed by atoms with van der Waals surface area (Å²) in [4.78, 5) is 12.8. The lowest BCUT2D eigenvalue weighted by molar-refractivity contribution is 0.0978. The van der Waals surface area contributed by atoms with E-state index in [0.717, 1.165) is 36.0 Å². The van der Waals surface area contributed by atoms with Gasteiger partial charge in [0.2, 0.25) is 0 Å². The Labute approximate surface area is 180 Å². The largest absolute Gasteiger partial charge is 0.496 e. The third-order valence-electron chi connectivity index (χ3n) is 5.31. The topological polar surface area (TPSA) is 99.5 Å². The fourth-order valence-corrected chi connectivity index (χ4v) is 4.95. The molecular weight excluding hydrogens is 418 g/mol. The quantitative estimate of drug-likeness (QED) is 0.605. The fraction of sp³-hybridized carbons (Fsp3) is 0.273. The Kier molecular flexibility index (Phi) is 5.69. The van der Waals surface area contributed by atoms with Crippen LogP contribution in [0.4, 0.5) is 0 Å². The number of carbonyl (C=O) groups is 1. The number of carbonyl (C=O) groups excluding carboxylic acids is 1. The average molecular weight is 442 g/mol. The van der Waals surface area contributed by atoms with Gasteiger partial charge in [-0.25, -0.2) is 13.1 Å². The average Bonchev–Trinajstić information content (AvgIpc) is 3.43. The number of sulfonamides is 1. The van der Waals surface area contributed by atoms with Crippen LogP contribution >= 0.6 is 0 Å². The van der Waals surface area contributed by atoms with Crippen molar-refractivity contribution in [2.45, 2.75) is 30.7 Å². The molecule has 0 unspecified atom stereocenters. The van der Waals surface area contributed by atoms with E-state index in [1.165, 1.54) is 14.2 Å². The molecule has 8 nitrogen and oxygen atoms in total. The number of nitrogens with one attached hydrogen (secondary N) is 1. The summed E-state index contributed by atoms with van der Waals surface area (Å²) in [5.74, 6) is -0.272. The number of fused-ring (bicyclic) bond motifs is 1. The van der Waals surface area contributed by atoms with Crippen molar-refractivity contribution in [3.05, 3.63) is 71.0 Å². The summed E-state index contributed by atoms with van der Waals surface area (Å²) in [7, 11) is -1.29. The van der Waals surface area contributed by atoms with E-state index in [1.54, 1.807) is 41.2 Å². The van der Waals surface area contributed by atoms with Crippen molar-refractivity contribution >= 4 is 15.9 Å². The zero-order valence-corrected chi connectivity index (χ0v) is 18.1. The molecule has 1 N–H and O–H groups in total. The second-order valence-electron chi connectivity index (χ2n) is 7.30. The van der Waals surface area contributed by atoms with Crippen molar-refractivity contribution in [1.82, 2.24) is 14.5 Å².